The summed E-state index contributed by atoms with van der Waals surface area (Å²) in [5.74, 6) is 1.35. The molecule has 7 nitrogen and oxygen atoms in total. The fourth-order valence-corrected chi connectivity index (χ4v) is 3.86. The van der Waals surface area contributed by atoms with E-state index in [2.05, 4.69) is 10.1 Å². The van der Waals surface area contributed by atoms with Crippen LogP contribution in [0.25, 0.3) is 22.3 Å². The standard InChI is InChI=1S/C23H25FN4O3/c1-13(29)12-28-21(8-6-16-5-7-20(30-4)18(24)9-16)26-19-10-17(11-25-23(19)28)22-14(2)27-31-15(22)3/h5,7,9-11,13,29H,6,8,12H2,1-4H3. The van der Waals surface area contributed by atoms with E-state index in [1.807, 2.05) is 30.5 Å². The summed E-state index contributed by atoms with van der Waals surface area (Å²) in [6, 6.07) is 6.91. The molecule has 0 saturated heterocycles. The van der Waals surface area contributed by atoms with Crippen LogP contribution in [-0.2, 0) is 19.4 Å². The number of benzene rings is 1. The minimum Gasteiger partial charge on any atom is -0.494 e. The minimum absolute atomic E-state index is 0.223. The predicted molar refractivity (Wildman–Crippen MR) is 115 cm³/mol. The Balaban J connectivity index is 1.69. The Morgan fingerprint density at radius 3 is 2.68 bits per heavy atom. The van der Waals surface area contributed by atoms with Gasteiger partial charge in [-0.25, -0.2) is 14.4 Å². The highest BCUT2D eigenvalue weighted by Crippen LogP contribution is 2.29. The molecule has 0 aliphatic heterocycles. The lowest BCUT2D eigenvalue weighted by Gasteiger charge is -2.11. The summed E-state index contributed by atoms with van der Waals surface area (Å²) in [4.78, 5) is 9.41. The molecule has 0 radical (unpaired) electrons. The largest absolute Gasteiger partial charge is 0.494 e. The molecule has 0 amide bonds. The van der Waals surface area contributed by atoms with Crippen molar-refractivity contribution in [3.05, 3.63) is 59.1 Å². The number of aromatic nitrogens is 4. The molecule has 4 rings (SSSR count). The Labute approximate surface area is 179 Å². The molecule has 0 aliphatic carbocycles. The van der Waals surface area contributed by atoms with E-state index in [1.54, 1.807) is 19.2 Å². The number of imidazole rings is 1. The molecule has 1 unspecified atom stereocenters. The first kappa shape index (κ1) is 21.0. The highest BCUT2D eigenvalue weighted by Gasteiger charge is 2.18. The third-order valence-corrected chi connectivity index (χ3v) is 5.29. The normalized spacial score (nSPS) is 12.5. The van der Waals surface area contributed by atoms with Crippen molar-refractivity contribution in [2.24, 2.45) is 0 Å². The molecule has 0 bridgehead atoms. The highest BCUT2D eigenvalue weighted by molar-refractivity contribution is 5.80. The molecule has 8 heteroatoms. The van der Waals surface area contributed by atoms with E-state index < -0.39 is 6.10 Å². The van der Waals surface area contributed by atoms with Crippen LogP contribution in [0.15, 0.2) is 35.0 Å². The Bertz CT molecular complexity index is 1210. The van der Waals surface area contributed by atoms with E-state index in [0.29, 0.717) is 25.0 Å². The fourth-order valence-electron chi connectivity index (χ4n) is 3.86. The number of ether oxygens (including phenoxy) is 1. The molecule has 0 saturated carbocycles. The molecule has 0 aliphatic rings. The lowest BCUT2D eigenvalue weighted by Crippen LogP contribution is -2.15. The first-order valence-corrected chi connectivity index (χ1v) is 10.2. The zero-order valence-corrected chi connectivity index (χ0v) is 18.0. The summed E-state index contributed by atoms with van der Waals surface area (Å²) in [6.07, 6.45) is 2.40. The number of halogens is 1. The van der Waals surface area contributed by atoms with Crippen LogP contribution in [0.5, 0.6) is 5.75 Å². The zero-order chi connectivity index (χ0) is 22.1. The van der Waals surface area contributed by atoms with Gasteiger partial charge in [-0.2, -0.15) is 0 Å². The number of nitrogens with zero attached hydrogens (tertiary/aromatic N) is 4. The predicted octanol–water partition coefficient (Wildman–Crippen LogP) is 4.02. The van der Waals surface area contributed by atoms with Gasteiger partial charge in [0, 0.05) is 23.7 Å². The van der Waals surface area contributed by atoms with Gasteiger partial charge in [0.15, 0.2) is 17.2 Å². The number of hydrogen-bond acceptors (Lipinski definition) is 6. The molecule has 3 heterocycles. The molecule has 3 aromatic heterocycles. The quantitative estimate of drug-likeness (QED) is 0.482. The van der Waals surface area contributed by atoms with Gasteiger partial charge in [0.25, 0.3) is 0 Å². The van der Waals surface area contributed by atoms with E-state index in [0.717, 1.165) is 39.5 Å². The van der Waals surface area contributed by atoms with Crippen LogP contribution in [0.3, 0.4) is 0 Å². The first-order chi connectivity index (χ1) is 14.9. The number of hydrogen-bond donors (Lipinski definition) is 1. The average Bonchev–Trinajstić information content (AvgIpc) is 3.24. The maximum absolute atomic E-state index is 14.0. The summed E-state index contributed by atoms with van der Waals surface area (Å²) in [6.45, 7) is 5.86. The van der Waals surface area contributed by atoms with Crippen molar-refractivity contribution in [3.63, 3.8) is 0 Å². The van der Waals surface area contributed by atoms with E-state index in [9.17, 15) is 9.50 Å². The number of aliphatic hydroxyl groups is 1. The van der Waals surface area contributed by atoms with Crippen LogP contribution in [-0.4, -0.2) is 38.0 Å². The van der Waals surface area contributed by atoms with Gasteiger partial charge in [0.05, 0.1) is 25.5 Å². The van der Waals surface area contributed by atoms with Gasteiger partial charge < -0.3 is 18.9 Å². The number of methoxy groups -OCH3 is 1. The van der Waals surface area contributed by atoms with Crippen LogP contribution in [0.4, 0.5) is 4.39 Å². The summed E-state index contributed by atoms with van der Waals surface area (Å²) in [5, 5.41) is 14.0. The van der Waals surface area contributed by atoms with Crippen LogP contribution < -0.4 is 4.74 Å². The number of pyridine rings is 1. The molecule has 0 spiro atoms. The topological polar surface area (TPSA) is 86.2 Å². The summed E-state index contributed by atoms with van der Waals surface area (Å²) in [7, 11) is 1.44. The Hall–Kier alpha value is -3.26. The van der Waals surface area contributed by atoms with E-state index in [4.69, 9.17) is 14.2 Å². The van der Waals surface area contributed by atoms with E-state index in [-0.39, 0.29) is 11.6 Å². The number of rotatable bonds is 7. The van der Waals surface area contributed by atoms with Crippen molar-refractivity contribution >= 4 is 11.2 Å². The van der Waals surface area contributed by atoms with Crippen LogP contribution in [0, 0.1) is 19.7 Å². The molecule has 31 heavy (non-hydrogen) atoms. The highest BCUT2D eigenvalue weighted by atomic mass is 19.1. The molecule has 1 aromatic carbocycles. The van der Waals surface area contributed by atoms with Crippen molar-refractivity contribution in [3.8, 4) is 16.9 Å². The molecule has 162 valence electrons. The fraction of sp³-hybridized carbons (Fsp3) is 0.348. The third-order valence-electron chi connectivity index (χ3n) is 5.29. The summed E-state index contributed by atoms with van der Waals surface area (Å²) in [5.41, 5.74) is 4.87. The van der Waals surface area contributed by atoms with Gasteiger partial charge in [-0.05, 0) is 51.0 Å². The zero-order valence-electron chi connectivity index (χ0n) is 18.0. The first-order valence-electron chi connectivity index (χ1n) is 10.2. The van der Waals surface area contributed by atoms with Gasteiger partial charge >= 0.3 is 0 Å². The number of fused-ring (bicyclic) bond motifs is 1. The lowest BCUT2D eigenvalue weighted by atomic mass is 10.1. The third kappa shape index (κ3) is 4.16. The van der Waals surface area contributed by atoms with Gasteiger partial charge in [0.2, 0.25) is 0 Å². The SMILES string of the molecule is COc1ccc(CCc2nc3cc(-c4c(C)noc4C)cnc3n2CC(C)O)cc1F. The smallest absolute Gasteiger partial charge is 0.165 e. The summed E-state index contributed by atoms with van der Waals surface area (Å²) >= 11 is 0. The second-order valence-electron chi connectivity index (χ2n) is 7.72. The van der Waals surface area contributed by atoms with Crippen LogP contribution in [0.2, 0.25) is 0 Å². The van der Waals surface area contributed by atoms with Gasteiger partial charge in [-0.1, -0.05) is 11.2 Å². The second kappa shape index (κ2) is 8.47. The molecule has 0 fully saturated rings. The van der Waals surface area contributed by atoms with E-state index >= 15 is 0 Å². The molecule has 4 aromatic rings. The van der Waals surface area contributed by atoms with E-state index in [1.165, 1.54) is 13.2 Å². The van der Waals surface area contributed by atoms with Crippen LogP contribution >= 0.6 is 0 Å². The van der Waals surface area contributed by atoms with Crippen molar-refractivity contribution in [1.82, 2.24) is 19.7 Å². The minimum atomic E-state index is -0.557. The van der Waals surface area contributed by atoms with Gasteiger partial charge in [-0.3, -0.25) is 0 Å². The molecule has 1 N–H and O–H groups in total. The Morgan fingerprint density at radius 2 is 2.03 bits per heavy atom. The van der Waals surface area contributed by atoms with Crippen molar-refractivity contribution in [2.75, 3.05) is 7.11 Å². The Kier molecular flexibility index (Phi) is 5.73. The van der Waals surface area contributed by atoms with Gasteiger partial charge in [-0.15, -0.1) is 0 Å². The number of aliphatic hydroxyl groups excluding tert-OH is 1. The monoisotopic (exact) mass is 424 g/mol. The summed E-state index contributed by atoms with van der Waals surface area (Å²) < 4.78 is 26.2. The van der Waals surface area contributed by atoms with Crippen molar-refractivity contribution < 1.29 is 18.8 Å². The second-order valence-corrected chi connectivity index (χ2v) is 7.72. The van der Waals surface area contributed by atoms with Crippen LogP contribution in [0.1, 0.15) is 29.8 Å². The maximum atomic E-state index is 14.0. The average molecular weight is 424 g/mol. The van der Waals surface area contributed by atoms with Crippen molar-refractivity contribution in [1.29, 1.82) is 0 Å². The van der Waals surface area contributed by atoms with Crippen molar-refractivity contribution in [2.45, 2.75) is 46.3 Å². The molecule has 1 atom stereocenters. The lowest BCUT2D eigenvalue weighted by molar-refractivity contribution is 0.173. The molecular weight excluding hydrogens is 399 g/mol. The van der Waals surface area contributed by atoms with Gasteiger partial charge in [0.1, 0.15) is 17.1 Å². The maximum Gasteiger partial charge on any atom is 0.165 e. The Morgan fingerprint density at radius 1 is 1.23 bits per heavy atom. The number of aryl methyl sites for hydroxylation is 4. The molecular formula is C23H25FN4O3.